The van der Waals surface area contributed by atoms with Gasteiger partial charge < -0.3 is 10.1 Å². The first-order valence-electron chi connectivity index (χ1n) is 6.57. The van der Waals surface area contributed by atoms with E-state index in [1.165, 1.54) is 4.88 Å². The summed E-state index contributed by atoms with van der Waals surface area (Å²) in [5, 5.41) is 5.15. The minimum Gasteiger partial charge on any atom is -0.462 e. The second-order valence-electron chi connectivity index (χ2n) is 4.28. The zero-order valence-corrected chi connectivity index (χ0v) is 13.5. The van der Waals surface area contributed by atoms with E-state index >= 15 is 0 Å². The monoisotopic (exact) mass is 324 g/mol. The van der Waals surface area contributed by atoms with Crippen molar-refractivity contribution < 1.29 is 14.3 Å². The summed E-state index contributed by atoms with van der Waals surface area (Å²) in [4.78, 5) is 29.3. The number of nitrogens with zero attached hydrogens (tertiary/aromatic N) is 1. The van der Waals surface area contributed by atoms with Crippen LogP contribution in [0.2, 0.25) is 0 Å². The molecule has 2 heterocycles. The molecule has 0 fully saturated rings. The van der Waals surface area contributed by atoms with Gasteiger partial charge in [-0.1, -0.05) is 17.4 Å². The fraction of sp³-hybridized carbons (Fsp3) is 0.357. The van der Waals surface area contributed by atoms with Crippen LogP contribution in [-0.2, 0) is 16.0 Å². The first kappa shape index (κ1) is 15.7. The predicted octanol–water partition coefficient (Wildman–Crippen LogP) is 3.26. The Morgan fingerprint density at radius 2 is 2.24 bits per heavy atom. The minimum absolute atomic E-state index is 0.104. The number of rotatable bonds is 6. The molecule has 1 amide bonds. The summed E-state index contributed by atoms with van der Waals surface area (Å²) >= 11 is 2.78. The van der Waals surface area contributed by atoms with Gasteiger partial charge in [0.1, 0.15) is 4.88 Å². The lowest BCUT2D eigenvalue weighted by atomic mass is 10.2. The quantitative estimate of drug-likeness (QED) is 0.828. The van der Waals surface area contributed by atoms with Gasteiger partial charge in [-0.2, -0.15) is 0 Å². The van der Waals surface area contributed by atoms with Gasteiger partial charge in [0, 0.05) is 11.3 Å². The molecule has 2 aromatic heterocycles. The molecule has 0 saturated carbocycles. The molecular weight excluding hydrogens is 308 g/mol. The number of carbonyl (C=O) groups is 2. The minimum atomic E-state index is -0.397. The molecule has 0 bridgehead atoms. The maximum absolute atomic E-state index is 11.9. The van der Waals surface area contributed by atoms with Crippen LogP contribution in [0.25, 0.3) is 0 Å². The van der Waals surface area contributed by atoms with Crippen LogP contribution in [0.4, 0.5) is 5.13 Å². The maximum atomic E-state index is 11.9. The van der Waals surface area contributed by atoms with Crippen LogP contribution in [0.1, 0.15) is 33.6 Å². The van der Waals surface area contributed by atoms with Gasteiger partial charge in [0.15, 0.2) is 5.13 Å². The van der Waals surface area contributed by atoms with Crippen molar-refractivity contribution in [2.45, 2.75) is 26.7 Å². The number of thiophene rings is 1. The molecule has 1 N–H and O–H groups in total. The molecule has 2 aromatic rings. The fourth-order valence-corrected chi connectivity index (χ4v) is 3.29. The Morgan fingerprint density at radius 3 is 2.90 bits per heavy atom. The van der Waals surface area contributed by atoms with Crippen LogP contribution in [-0.4, -0.2) is 23.5 Å². The molecule has 5 nitrogen and oxygen atoms in total. The van der Waals surface area contributed by atoms with Crippen LogP contribution in [0.15, 0.2) is 17.5 Å². The molecule has 0 aliphatic carbocycles. The second-order valence-corrected chi connectivity index (χ2v) is 6.31. The number of aryl methyl sites for hydroxylation is 2. The number of esters is 1. The highest BCUT2D eigenvalue weighted by molar-refractivity contribution is 7.17. The van der Waals surface area contributed by atoms with E-state index < -0.39 is 5.97 Å². The number of ether oxygens (including phenoxy) is 1. The van der Waals surface area contributed by atoms with Crippen molar-refractivity contribution in [3.8, 4) is 0 Å². The largest absolute Gasteiger partial charge is 0.462 e. The summed E-state index contributed by atoms with van der Waals surface area (Å²) in [5.41, 5.74) is 0.576. The number of hydrogen-bond acceptors (Lipinski definition) is 6. The van der Waals surface area contributed by atoms with Gasteiger partial charge in [-0.05, 0) is 31.7 Å². The Kier molecular flexibility index (Phi) is 5.46. The van der Waals surface area contributed by atoms with Gasteiger partial charge in [-0.15, -0.1) is 11.3 Å². The lowest BCUT2D eigenvalue weighted by Gasteiger charge is -2.00. The van der Waals surface area contributed by atoms with Gasteiger partial charge in [-0.25, -0.2) is 9.78 Å². The van der Waals surface area contributed by atoms with Crippen LogP contribution in [0, 0.1) is 6.92 Å². The Balaban J connectivity index is 1.92. The van der Waals surface area contributed by atoms with Gasteiger partial charge in [0.05, 0.1) is 12.3 Å². The Labute approximate surface area is 131 Å². The van der Waals surface area contributed by atoms with E-state index in [0.29, 0.717) is 35.2 Å². The van der Waals surface area contributed by atoms with E-state index in [1.54, 1.807) is 25.2 Å². The molecule has 112 valence electrons. The maximum Gasteiger partial charge on any atom is 0.350 e. The summed E-state index contributed by atoms with van der Waals surface area (Å²) in [6, 6.07) is 3.97. The van der Waals surface area contributed by atoms with Crippen molar-refractivity contribution in [3.05, 3.63) is 33.0 Å². The lowest BCUT2D eigenvalue weighted by molar-refractivity contribution is -0.116. The number of carbonyl (C=O) groups excluding carboxylic acids is 2. The van der Waals surface area contributed by atoms with Crippen LogP contribution >= 0.6 is 22.7 Å². The fourth-order valence-electron chi connectivity index (χ4n) is 1.71. The molecule has 0 saturated heterocycles. The normalized spacial score (nSPS) is 10.4. The predicted molar refractivity (Wildman–Crippen MR) is 84.1 cm³/mol. The molecule has 0 unspecified atom stereocenters. The number of nitrogens with one attached hydrogen (secondary N) is 1. The average molecular weight is 324 g/mol. The average Bonchev–Trinajstić information content (AvgIpc) is 3.06. The zero-order valence-electron chi connectivity index (χ0n) is 11.8. The third-order valence-electron chi connectivity index (χ3n) is 2.68. The second kappa shape index (κ2) is 7.33. The molecule has 2 rings (SSSR count). The summed E-state index contributed by atoms with van der Waals surface area (Å²) in [7, 11) is 0. The first-order valence-corrected chi connectivity index (χ1v) is 8.26. The number of thiazole rings is 1. The molecular formula is C14H16N2O3S2. The topological polar surface area (TPSA) is 68.3 Å². The smallest absolute Gasteiger partial charge is 0.350 e. The van der Waals surface area contributed by atoms with E-state index in [0.717, 1.165) is 11.3 Å². The number of amides is 1. The van der Waals surface area contributed by atoms with Crippen molar-refractivity contribution in [2.75, 3.05) is 11.9 Å². The highest BCUT2D eigenvalue weighted by Gasteiger charge is 2.17. The molecule has 0 atom stereocenters. The van der Waals surface area contributed by atoms with Gasteiger partial charge in [-0.3, -0.25) is 4.79 Å². The summed E-state index contributed by atoms with van der Waals surface area (Å²) < 4.78 is 4.94. The van der Waals surface area contributed by atoms with Crippen molar-refractivity contribution in [1.29, 1.82) is 0 Å². The van der Waals surface area contributed by atoms with E-state index in [1.807, 2.05) is 17.5 Å². The zero-order chi connectivity index (χ0) is 15.2. The molecule has 0 aromatic carbocycles. The summed E-state index contributed by atoms with van der Waals surface area (Å²) in [5.74, 6) is -0.501. The summed E-state index contributed by atoms with van der Waals surface area (Å²) in [6.07, 6.45) is 1.10. The number of aromatic nitrogens is 1. The van der Waals surface area contributed by atoms with Crippen molar-refractivity contribution >= 4 is 39.7 Å². The Bertz CT molecular complexity index is 620. The third-order valence-corrected chi connectivity index (χ3v) is 4.67. The van der Waals surface area contributed by atoms with E-state index in [-0.39, 0.29) is 5.91 Å². The highest BCUT2D eigenvalue weighted by atomic mass is 32.1. The lowest BCUT2D eigenvalue weighted by Crippen LogP contribution is -2.11. The van der Waals surface area contributed by atoms with Crippen LogP contribution < -0.4 is 5.32 Å². The third kappa shape index (κ3) is 4.37. The number of hydrogen-bond donors (Lipinski definition) is 1. The molecule has 7 heteroatoms. The van der Waals surface area contributed by atoms with Gasteiger partial charge in [0.25, 0.3) is 0 Å². The molecule has 0 spiro atoms. The van der Waals surface area contributed by atoms with Crippen molar-refractivity contribution in [1.82, 2.24) is 4.98 Å². The molecule has 0 radical (unpaired) electrons. The van der Waals surface area contributed by atoms with E-state index in [4.69, 9.17) is 4.74 Å². The Hall–Kier alpha value is -1.73. The molecule has 0 aliphatic heterocycles. The van der Waals surface area contributed by atoms with Gasteiger partial charge in [0.2, 0.25) is 5.91 Å². The molecule has 21 heavy (non-hydrogen) atoms. The first-order chi connectivity index (χ1) is 10.1. The van der Waals surface area contributed by atoms with E-state index in [9.17, 15) is 9.59 Å². The SMILES string of the molecule is CCOC(=O)c1sc(NC(=O)CCc2cccs2)nc1C. The van der Waals surface area contributed by atoms with Crippen LogP contribution in [0.5, 0.6) is 0 Å². The number of anilines is 1. The van der Waals surface area contributed by atoms with E-state index in [2.05, 4.69) is 10.3 Å². The van der Waals surface area contributed by atoms with Crippen molar-refractivity contribution in [3.63, 3.8) is 0 Å². The van der Waals surface area contributed by atoms with Crippen molar-refractivity contribution in [2.24, 2.45) is 0 Å². The van der Waals surface area contributed by atoms with Crippen LogP contribution in [0.3, 0.4) is 0 Å². The highest BCUT2D eigenvalue weighted by Crippen LogP contribution is 2.23. The standard InChI is InChI=1S/C14H16N2O3S2/c1-3-19-13(18)12-9(2)15-14(21-12)16-11(17)7-6-10-5-4-8-20-10/h4-5,8H,3,6-7H2,1-2H3,(H,15,16,17). The molecule has 0 aliphatic rings. The Morgan fingerprint density at radius 1 is 1.43 bits per heavy atom. The summed E-state index contributed by atoms with van der Waals surface area (Å²) in [6.45, 7) is 3.80. The van der Waals surface area contributed by atoms with Gasteiger partial charge >= 0.3 is 5.97 Å².